The van der Waals surface area contributed by atoms with Crippen LogP contribution < -0.4 is 4.72 Å². The van der Waals surface area contributed by atoms with Gasteiger partial charge in [0.2, 0.25) is 0 Å². The van der Waals surface area contributed by atoms with E-state index < -0.39 is 16.0 Å². The summed E-state index contributed by atoms with van der Waals surface area (Å²) >= 11 is 0. The Hall–Kier alpha value is -2.34. The van der Waals surface area contributed by atoms with Gasteiger partial charge in [-0.1, -0.05) is 30.7 Å². The fraction of sp³-hybridized carbons (Fsp3) is 0.188. The molecule has 5 nitrogen and oxygen atoms in total. The molecule has 0 aliphatic carbocycles. The van der Waals surface area contributed by atoms with Gasteiger partial charge < -0.3 is 5.11 Å². The van der Waals surface area contributed by atoms with Crippen molar-refractivity contribution in [1.29, 1.82) is 0 Å². The van der Waals surface area contributed by atoms with Crippen LogP contribution in [-0.2, 0) is 16.4 Å². The van der Waals surface area contributed by atoms with Crippen molar-refractivity contribution in [3.05, 3.63) is 59.2 Å². The summed E-state index contributed by atoms with van der Waals surface area (Å²) in [7, 11) is -3.82. The molecule has 2 aromatic carbocycles. The predicted molar refractivity (Wildman–Crippen MR) is 84.8 cm³/mol. The number of hydrogen-bond donors (Lipinski definition) is 2. The molecule has 0 atom stereocenters. The van der Waals surface area contributed by atoms with Gasteiger partial charge in [-0.15, -0.1) is 0 Å². The van der Waals surface area contributed by atoms with Gasteiger partial charge >= 0.3 is 5.97 Å². The molecular weight excluding hydrogens is 302 g/mol. The van der Waals surface area contributed by atoms with Crippen LogP contribution in [0.25, 0.3) is 0 Å². The highest BCUT2D eigenvalue weighted by atomic mass is 32.2. The Morgan fingerprint density at radius 1 is 1.14 bits per heavy atom. The lowest BCUT2D eigenvalue weighted by atomic mass is 10.1. The number of sulfonamides is 1. The molecule has 0 spiro atoms. The third kappa shape index (κ3) is 3.46. The highest BCUT2D eigenvalue weighted by Crippen LogP contribution is 2.22. The normalized spacial score (nSPS) is 11.2. The van der Waals surface area contributed by atoms with Crippen molar-refractivity contribution in [2.24, 2.45) is 0 Å². The lowest BCUT2D eigenvalue weighted by molar-refractivity contribution is 0.0698. The van der Waals surface area contributed by atoms with Crippen molar-refractivity contribution in [3.8, 4) is 0 Å². The molecule has 2 N–H and O–H groups in total. The number of carboxylic acid groups (broad SMARTS) is 1. The Bertz CT molecular complexity index is 795. The maximum atomic E-state index is 12.4. The maximum Gasteiger partial charge on any atom is 0.337 e. The van der Waals surface area contributed by atoms with Crippen LogP contribution in [0.3, 0.4) is 0 Å². The molecule has 6 heteroatoms. The minimum absolute atomic E-state index is 0.0534. The first-order chi connectivity index (χ1) is 10.3. The lowest BCUT2D eigenvalue weighted by Crippen LogP contribution is -2.15. The van der Waals surface area contributed by atoms with Gasteiger partial charge in [0.25, 0.3) is 10.0 Å². The molecule has 0 saturated heterocycles. The second kappa shape index (κ2) is 6.19. The highest BCUT2D eigenvalue weighted by molar-refractivity contribution is 7.92. The van der Waals surface area contributed by atoms with E-state index in [1.165, 1.54) is 24.3 Å². The fourth-order valence-electron chi connectivity index (χ4n) is 2.03. The molecule has 0 fully saturated rings. The van der Waals surface area contributed by atoms with Gasteiger partial charge in [-0.2, -0.15) is 0 Å². The summed E-state index contributed by atoms with van der Waals surface area (Å²) in [5.74, 6) is -1.18. The number of hydrogen-bond acceptors (Lipinski definition) is 3. The van der Waals surface area contributed by atoms with Gasteiger partial charge in [0.1, 0.15) is 0 Å². The summed E-state index contributed by atoms with van der Waals surface area (Å²) in [6.07, 6.45) is 0.814. The maximum absolute atomic E-state index is 12.4. The van der Waals surface area contributed by atoms with E-state index in [4.69, 9.17) is 0 Å². The monoisotopic (exact) mass is 319 g/mol. The number of nitrogens with one attached hydrogen (secondary N) is 1. The minimum Gasteiger partial charge on any atom is -0.478 e. The summed E-state index contributed by atoms with van der Waals surface area (Å²) in [5, 5.41) is 9.19. The van der Waals surface area contributed by atoms with Gasteiger partial charge in [-0.25, -0.2) is 13.2 Å². The molecule has 0 saturated carbocycles. The molecule has 0 aliphatic rings. The van der Waals surface area contributed by atoms with E-state index in [2.05, 4.69) is 4.72 Å². The first kappa shape index (κ1) is 16.0. The summed E-state index contributed by atoms with van der Waals surface area (Å²) in [6.45, 7) is 3.72. The molecule has 0 amide bonds. The molecule has 2 rings (SSSR count). The van der Waals surface area contributed by atoms with Crippen molar-refractivity contribution in [3.63, 3.8) is 0 Å². The Kier molecular flexibility index (Phi) is 4.51. The minimum atomic E-state index is -3.82. The van der Waals surface area contributed by atoms with E-state index >= 15 is 0 Å². The van der Waals surface area contributed by atoms with Crippen LogP contribution in [-0.4, -0.2) is 19.5 Å². The van der Waals surface area contributed by atoms with Gasteiger partial charge in [0, 0.05) is 0 Å². The second-order valence-corrected chi connectivity index (χ2v) is 6.64. The zero-order valence-electron chi connectivity index (χ0n) is 12.3. The van der Waals surface area contributed by atoms with Gasteiger partial charge in [0.15, 0.2) is 0 Å². The van der Waals surface area contributed by atoms with Crippen molar-refractivity contribution in [2.75, 3.05) is 4.72 Å². The Labute approximate surface area is 129 Å². The molecule has 0 aromatic heterocycles. The number of carbonyl (C=O) groups is 1. The van der Waals surface area contributed by atoms with Crippen molar-refractivity contribution in [2.45, 2.75) is 25.2 Å². The smallest absolute Gasteiger partial charge is 0.337 e. The lowest BCUT2D eigenvalue weighted by Gasteiger charge is -2.11. The van der Waals surface area contributed by atoms with Crippen LogP contribution in [0.5, 0.6) is 0 Å². The Balaban J connectivity index is 2.38. The van der Waals surface area contributed by atoms with Gasteiger partial charge in [0.05, 0.1) is 16.1 Å². The van der Waals surface area contributed by atoms with Crippen molar-refractivity contribution in [1.82, 2.24) is 0 Å². The van der Waals surface area contributed by atoms with Crippen molar-refractivity contribution < 1.29 is 18.3 Å². The average Bonchev–Trinajstić information content (AvgIpc) is 2.48. The third-order valence-corrected chi connectivity index (χ3v) is 4.67. The van der Waals surface area contributed by atoms with Crippen LogP contribution in [0.4, 0.5) is 5.69 Å². The molecule has 0 radical (unpaired) electrons. The van der Waals surface area contributed by atoms with E-state index in [1.807, 2.05) is 6.92 Å². The molecule has 0 bridgehead atoms. The quantitative estimate of drug-likeness (QED) is 0.887. The zero-order chi connectivity index (χ0) is 16.3. The largest absolute Gasteiger partial charge is 0.478 e. The van der Waals surface area contributed by atoms with Crippen molar-refractivity contribution >= 4 is 21.7 Å². The van der Waals surface area contributed by atoms with E-state index in [-0.39, 0.29) is 16.1 Å². The van der Waals surface area contributed by atoms with Crippen LogP contribution in [0.2, 0.25) is 0 Å². The molecule has 0 aliphatic heterocycles. The van der Waals surface area contributed by atoms with Crippen LogP contribution in [0.15, 0.2) is 47.4 Å². The first-order valence-corrected chi connectivity index (χ1v) is 8.27. The highest BCUT2D eigenvalue weighted by Gasteiger charge is 2.18. The number of rotatable bonds is 5. The van der Waals surface area contributed by atoms with Crippen LogP contribution in [0.1, 0.15) is 28.4 Å². The first-order valence-electron chi connectivity index (χ1n) is 6.79. The fourth-order valence-corrected chi connectivity index (χ4v) is 3.11. The Morgan fingerprint density at radius 3 is 2.32 bits per heavy atom. The number of carboxylic acids is 1. The number of anilines is 1. The third-order valence-electron chi connectivity index (χ3n) is 3.29. The summed E-state index contributed by atoms with van der Waals surface area (Å²) in [6, 6.07) is 11.0. The molecule has 2 aromatic rings. The van der Waals surface area contributed by atoms with Gasteiger partial charge in [-0.3, -0.25) is 4.72 Å². The SMILES string of the molecule is CCc1ccc(S(=O)(=O)Nc2ccc(C)cc2C(=O)O)cc1. The molecule has 0 heterocycles. The zero-order valence-corrected chi connectivity index (χ0v) is 13.1. The second-order valence-electron chi connectivity index (χ2n) is 4.96. The summed E-state index contributed by atoms with van der Waals surface area (Å²) < 4.78 is 27.1. The molecular formula is C16H17NO4S. The number of aromatic carboxylic acids is 1. The summed E-state index contributed by atoms with van der Waals surface area (Å²) in [4.78, 5) is 11.3. The molecule has 116 valence electrons. The van der Waals surface area contributed by atoms with E-state index in [9.17, 15) is 18.3 Å². The van der Waals surface area contributed by atoms with E-state index in [0.29, 0.717) is 0 Å². The van der Waals surface area contributed by atoms with Crippen LogP contribution in [0, 0.1) is 6.92 Å². The van der Waals surface area contributed by atoms with Crippen LogP contribution >= 0.6 is 0 Å². The van der Waals surface area contributed by atoms with Gasteiger partial charge in [-0.05, 0) is 43.2 Å². The average molecular weight is 319 g/mol. The number of benzene rings is 2. The van der Waals surface area contributed by atoms with E-state index in [0.717, 1.165) is 17.5 Å². The molecule has 22 heavy (non-hydrogen) atoms. The van der Waals surface area contributed by atoms with E-state index in [1.54, 1.807) is 25.1 Å². The topological polar surface area (TPSA) is 83.5 Å². The summed E-state index contributed by atoms with van der Waals surface area (Å²) in [5.41, 5.74) is 1.75. The number of aryl methyl sites for hydroxylation is 2. The predicted octanol–water partition coefficient (Wildman–Crippen LogP) is 3.06. The standard InChI is InChI=1S/C16H17NO4S/c1-3-12-5-7-13(8-6-12)22(20,21)17-15-9-4-11(2)10-14(15)16(18)19/h4-10,17H,3H2,1-2H3,(H,18,19). The Morgan fingerprint density at radius 2 is 1.77 bits per heavy atom. The molecule has 0 unspecified atom stereocenters.